The van der Waals surface area contributed by atoms with Gasteiger partial charge in [-0.1, -0.05) is 13.8 Å². The summed E-state index contributed by atoms with van der Waals surface area (Å²) in [5.41, 5.74) is 0.213. The van der Waals surface area contributed by atoms with Crippen LogP contribution in [0, 0.1) is 5.92 Å². The molecular formula is C17H28N6O2. The molecule has 1 N–H and O–H groups in total. The van der Waals surface area contributed by atoms with Gasteiger partial charge in [-0.25, -0.2) is 9.78 Å². The number of H-pyrrole nitrogens is 1. The van der Waals surface area contributed by atoms with Gasteiger partial charge in [0.05, 0.1) is 6.54 Å². The van der Waals surface area contributed by atoms with Crippen LogP contribution in [0.5, 0.6) is 0 Å². The minimum absolute atomic E-state index is 0.348. The molecule has 0 atom stereocenters. The molecule has 8 heteroatoms. The molecule has 0 aliphatic carbocycles. The Morgan fingerprint density at radius 2 is 1.80 bits per heavy atom. The first kappa shape index (κ1) is 17.9. The molecule has 2 aromatic heterocycles. The van der Waals surface area contributed by atoms with Gasteiger partial charge in [-0.15, -0.1) is 0 Å². The Labute approximate surface area is 147 Å². The Kier molecular flexibility index (Phi) is 5.10. The fourth-order valence-electron chi connectivity index (χ4n) is 3.23. The van der Waals surface area contributed by atoms with Crippen molar-refractivity contribution in [1.29, 1.82) is 0 Å². The van der Waals surface area contributed by atoms with Crippen molar-refractivity contribution < 1.29 is 0 Å². The molecule has 1 aliphatic rings. The molecule has 1 aliphatic heterocycles. The minimum Gasteiger partial charge on any atom is -0.321 e. The molecule has 0 unspecified atom stereocenters. The van der Waals surface area contributed by atoms with Crippen LogP contribution in [0.4, 0.5) is 0 Å². The average molecular weight is 348 g/mol. The normalized spacial score (nSPS) is 17.0. The Hall–Kier alpha value is -1.93. The molecule has 0 aromatic carbocycles. The molecule has 25 heavy (non-hydrogen) atoms. The van der Waals surface area contributed by atoms with Crippen LogP contribution in [-0.4, -0.2) is 62.1 Å². The quantitative estimate of drug-likeness (QED) is 0.836. The standard InChI is InChI=1S/C17H28N6O2/c1-12(2)5-6-23-13(11-22-9-7-20(3)8-10-22)18-15-14(23)16(24)19-17(25)21(15)4/h12H,5-11H2,1-4H3,(H,19,24,25). The Bertz CT molecular complexity index is 854. The van der Waals surface area contributed by atoms with E-state index in [9.17, 15) is 9.59 Å². The molecule has 0 amide bonds. The van der Waals surface area contributed by atoms with Gasteiger partial charge in [-0.05, 0) is 19.4 Å². The summed E-state index contributed by atoms with van der Waals surface area (Å²) >= 11 is 0. The number of piperazine rings is 1. The van der Waals surface area contributed by atoms with Gasteiger partial charge in [0, 0.05) is 39.8 Å². The van der Waals surface area contributed by atoms with Crippen LogP contribution in [0.15, 0.2) is 9.59 Å². The lowest BCUT2D eigenvalue weighted by Gasteiger charge is -2.32. The van der Waals surface area contributed by atoms with E-state index in [1.807, 2.05) is 4.57 Å². The van der Waals surface area contributed by atoms with Gasteiger partial charge in [-0.2, -0.15) is 0 Å². The number of nitrogens with zero attached hydrogens (tertiary/aromatic N) is 5. The zero-order valence-electron chi connectivity index (χ0n) is 15.6. The molecule has 0 saturated carbocycles. The fourth-order valence-corrected chi connectivity index (χ4v) is 3.23. The first-order valence-electron chi connectivity index (χ1n) is 8.96. The maximum atomic E-state index is 12.4. The van der Waals surface area contributed by atoms with Crippen molar-refractivity contribution in [2.24, 2.45) is 13.0 Å². The highest BCUT2D eigenvalue weighted by molar-refractivity contribution is 5.70. The maximum absolute atomic E-state index is 12.4. The molecule has 3 rings (SSSR count). The summed E-state index contributed by atoms with van der Waals surface area (Å²) in [5.74, 6) is 1.40. The molecule has 8 nitrogen and oxygen atoms in total. The van der Waals surface area contributed by atoms with E-state index in [1.165, 1.54) is 4.57 Å². The largest absolute Gasteiger partial charge is 0.329 e. The van der Waals surface area contributed by atoms with Crippen LogP contribution < -0.4 is 11.2 Å². The smallest absolute Gasteiger partial charge is 0.321 e. The van der Waals surface area contributed by atoms with Crippen LogP contribution in [-0.2, 0) is 20.1 Å². The minimum atomic E-state index is -0.419. The van der Waals surface area contributed by atoms with E-state index < -0.39 is 5.69 Å². The van der Waals surface area contributed by atoms with Gasteiger partial charge in [0.15, 0.2) is 11.2 Å². The van der Waals surface area contributed by atoms with Crippen molar-refractivity contribution in [3.8, 4) is 0 Å². The summed E-state index contributed by atoms with van der Waals surface area (Å²) in [6.45, 7) is 9.81. The number of aromatic amines is 1. The SMILES string of the molecule is CC(C)CCn1c(CN2CCN(C)CC2)nc2c1c(=O)[nH]c(=O)n2C. The molecule has 0 spiro atoms. The van der Waals surface area contributed by atoms with E-state index in [2.05, 4.69) is 40.7 Å². The molecule has 0 radical (unpaired) electrons. The van der Waals surface area contributed by atoms with Gasteiger partial charge < -0.3 is 9.47 Å². The molecular weight excluding hydrogens is 320 g/mol. The molecule has 138 valence electrons. The maximum Gasteiger partial charge on any atom is 0.329 e. The molecule has 0 bridgehead atoms. The third kappa shape index (κ3) is 3.69. The first-order chi connectivity index (χ1) is 11.9. The molecule has 1 fully saturated rings. The Morgan fingerprint density at radius 1 is 1.12 bits per heavy atom. The molecule has 2 aromatic rings. The number of aryl methyl sites for hydroxylation is 2. The van der Waals surface area contributed by atoms with Crippen molar-refractivity contribution in [3.63, 3.8) is 0 Å². The van der Waals surface area contributed by atoms with Crippen molar-refractivity contribution in [2.45, 2.75) is 33.4 Å². The van der Waals surface area contributed by atoms with Crippen molar-refractivity contribution in [1.82, 2.24) is 28.9 Å². The van der Waals surface area contributed by atoms with Gasteiger partial charge in [0.25, 0.3) is 5.56 Å². The second kappa shape index (κ2) is 7.13. The third-order valence-electron chi connectivity index (χ3n) is 4.98. The summed E-state index contributed by atoms with van der Waals surface area (Å²) in [6.07, 6.45) is 0.962. The van der Waals surface area contributed by atoms with Gasteiger partial charge in [0.1, 0.15) is 5.82 Å². The van der Waals surface area contributed by atoms with Gasteiger partial charge in [-0.3, -0.25) is 19.2 Å². The van der Waals surface area contributed by atoms with E-state index in [-0.39, 0.29) is 5.56 Å². The number of hydrogen-bond donors (Lipinski definition) is 1. The fraction of sp³-hybridized carbons (Fsp3) is 0.706. The van der Waals surface area contributed by atoms with Crippen LogP contribution in [0.3, 0.4) is 0 Å². The second-order valence-electron chi connectivity index (χ2n) is 7.43. The topological polar surface area (TPSA) is 79.2 Å². The summed E-state index contributed by atoms with van der Waals surface area (Å²) in [4.78, 5) is 36.1. The third-order valence-corrected chi connectivity index (χ3v) is 4.98. The average Bonchev–Trinajstić information content (AvgIpc) is 2.92. The number of hydrogen-bond acceptors (Lipinski definition) is 5. The van der Waals surface area contributed by atoms with E-state index in [4.69, 9.17) is 0 Å². The number of likely N-dealkylation sites (N-methyl/N-ethyl adjacent to an activating group) is 1. The van der Waals surface area contributed by atoms with Crippen molar-refractivity contribution >= 4 is 11.2 Å². The lowest BCUT2D eigenvalue weighted by atomic mass is 10.1. The number of fused-ring (bicyclic) bond motifs is 1. The number of rotatable bonds is 5. The Balaban J connectivity index is 2.02. The van der Waals surface area contributed by atoms with Crippen LogP contribution in [0.1, 0.15) is 26.1 Å². The van der Waals surface area contributed by atoms with Gasteiger partial charge in [0.2, 0.25) is 0 Å². The highest BCUT2D eigenvalue weighted by atomic mass is 16.2. The zero-order valence-corrected chi connectivity index (χ0v) is 15.6. The van der Waals surface area contributed by atoms with E-state index >= 15 is 0 Å². The summed E-state index contributed by atoms with van der Waals surface area (Å²) in [6, 6.07) is 0. The summed E-state index contributed by atoms with van der Waals surface area (Å²) in [5, 5.41) is 0. The van der Waals surface area contributed by atoms with Crippen LogP contribution in [0.25, 0.3) is 11.2 Å². The molecule has 1 saturated heterocycles. The molecule has 3 heterocycles. The van der Waals surface area contributed by atoms with Crippen molar-refractivity contribution in [2.75, 3.05) is 33.2 Å². The Morgan fingerprint density at radius 3 is 2.44 bits per heavy atom. The van der Waals surface area contributed by atoms with E-state index in [0.717, 1.165) is 45.0 Å². The lowest BCUT2D eigenvalue weighted by molar-refractivity contribution is 0.144. The zero-order chi connectivity index (χ0) is 18.1. The predicted octanol–water partition coefficient (Wildman–Crippen LogP) is 0.217. The number of aromatic nitrogens is 4. The van der Waals surface area contributed by atoms with Gasteiger partial charge >= 0.3 is 5.69 Å². The monoisotopic (exact) mass is 348 g/mol. The number of imidazole rings is 1. The highest BCUT2D eigenvalue weighted by Crippen LogP contribution is 2.16. The predicted molar refractivity (Wildman–Crippen MR) is 97.8 cm³/mol. The van der Waals surface area contributed by atoms with E-state index in [0.29, 0.717) is 23.6 Å². The number of nitrogens with one attached hydrogen (secondary N) is 1. The summed E-state index contributed by atoms with van der Waals surface area (Å²) < 4.78 is 3.43. The lowest BCUT2D eigenvalue weighted by Crippen LogP contribution is -2.44. The first-order valence-corrected chi connectivity index (χ1v) is 8.96. The van der Waals surface area contributed by atoms with Crippen LogP contribution >= 0.6 is 0 Å². The summed E-state index contributed by atoms with van der Waals surface area (Å²) in [7, 11) is 3.78. The van der Waals surface area contributed by atoms with E-state index in [1.54, 1.807) is 7.05 Å². The second-order valence-corrected chi connectivity index (χ2v) is 7.43. The van der Waals surface area contributed by atoms with Crippen molar-refractivity contribution in [3.05, 3.63) is 26.7 Å². The van der Waals surface area contributed by atoms with Crippen LogP contribution in [0.2, 0.25) is 0 Å². The highest BCUT2D eigenvalue weighted by Gasteiger charge is 2.21.